The lowest BCUT2D eigenvalue weighted by Gasteiger charge is -2.43. The Morgan fingerprint density at radius 2 is 1.69 bits per heavy atom. The number of nitrogens with zero attached hydrogens (tertiary/aromatic N) is 2. The number of hydrogen-bond acceptors (Lipinski definition) is 5. The van der Waals surface area contributed by atoms with Gasteiger partial charge in [0.1, 0.15) is 12.4 Å². The Morgan fingerprint density at radius 1 is 0.972 bits per heavy atom. The van der Waals surface area contributed by atoms with Crippen molar-refractivity contribution in [2.75, 3.05) is 46.5 Å². The first kappa shape index (κ1) is 25.9. The molecule has 0 radical (unpaired) electrons. The number of amides is 2. The molecule has 7 nitrogen and oxygen atoms in total. The normalized spacial score (nSPS) is 18.4. The van der Waals surface area contributed by atoms with Gasteiger partial charge in [0.25, 0.3) is 5.91 Å². The summed E-state index contributed by atoms with van der Waals surface area (Å²) in [5, 5.41) is 0. The number of rotatable bonds is 5. The molecule has 0 bridgehead atoms. The zero-order chi connectivity index (χ0) is 25.4. The maximum Gasteiger partial charge on any atom is 0.260 e. The summed E-state index contributed by atoms with van der Waals surface area (Å²) in [6, 6.07) is 15.5. The summed E-state index contributed by atoms with van der Waals surface area (Å²) in [4.78, 5) is 30.5. The van der Waals surface area contributed by atoms with Crippen LogP contribution in [0.4, 0.5) is 0 Å². The van der Waals surface area contributed by atoms with Crippen molar-refractivity contribution >= 4 is 11.8 Å². The van der Waals surface area contributed by atoms with E-state index in [1.54, 1.807) is 13.2 Å². The van der Waals surface area contributed by atoms with Crippen molar-refractivity contribution in [3.8, 4) is 17.2 Å². The molecule has 0 aliphatic carbocycles. The van der Waals surface area contributed by atoms with Crippen molar-refractivity contribution in [2.45, 2.75) is 45.4 Å². The van der Waals surface area contributed by atoms with Crippen LogP contribution in [0.1, 0.15) is 44.6 Å². The molecule has 36 heavy (non-hydrogen) atoms. The van der Waals surface area contributed by atoms with Gasteiger partial charge in [-0.1, -0.05) is 36.8 Å². The predicted octanol–water partition coefficient (Wildman–Crippen LogP) is 4.34. The number of carbonyl (C=O) groups is 2. The number of aryl methyl sites for hydroxylation is 1. The lowest BCUT2D eigenvalue weighted by molar-refractivity contribution is -0.149. The van der Waals surface area contributed by atoms with Crippen molar-refractivity contribution in [2.24, 2.45) is 5.41 Å². The summed E-state index contributed by atoms with van der Waals surface area (Å²) in [6.07, 6.45) is 5.15. The summed E-state index contributed by atoms with van der Waals surface area (Å²) in [5.41, 5.74) is 0.812. The average molecular weight is 495 g/mol. The number of carbonyl (C=O) groups excluding carboxylic acids is 2. The number of hydrogen-bond donors (Lipinski definition) is 0. The second-order valence-corrected chi connectivity index (χ2v) is 9.65. The van der Waals surface area contributed by atoms with Crippen LogP contribution in [0.25, 0.3) is 0 Å². The molecule has 2 amide bonds. The zero-order valence-corrected chi connectivity index (χ0v) is 21.5. The molecule has 1 saturated heterocycles. The SMILES string of the molecule is CCN1CCOc2ccccc2CCCCC2(CCN(C(=O)COc3ccccc3OC)CC2)C1=O. The van der Waals surface area contributed by atoms with E-state index < -0.39 is 5.41 Å². The summed E-state index contributed by atoms with van der Waals surface area (Å²) in [5.74, 6) is 2.23. The monoisotopic (exact) mass is 494 g/mol. The second kappa shape index (κ2) is 12.2. The Morgan fingerprint density at radius 3 is 2.44 bits per heavy atom. The molecule has 2 heterocycles. The van der Waals surface area contributed by atoms with Gasteiger partial charge in [0.05, 0.1) is 19.1 Å². The van der Waals surface area contributed by atoms with Crippen LogP contribution in [0.2, 0.25) is 0 Å². The standard InChI is InChI=1S/C29H38N2O5/c1-3-30-20-21-35-24-12-5-4-10-23(24)11-8-9-15-29(28(30)33)16-18-31(19-17-29)27(32)22-36-26-14-7-6-13-25(26)34-2/h4-7,10,12-14H,3,8-9,11,15-22H2,1-2H3. The van der Waals surface area contributed by atoms with Crippen LogP contribution >= 0.6 is 0 Å². The summed E-state index contributed by atoms with van der Waals surface area (Å²) >= 11 is 0. The number of fused-ring (bicyclic) bond motifs is 1. The molecular formula is C29H38N2O5. The molecule has 0 aromatic heterocycles. The van der Waals surface area contributed by atoms with E-state index in [-0.39, 0.29) is 18.4 Å². The predicted molar refractivity (Wildman–Crippen MR) is 138 cm³/mol. The van der Waals surface area contributed by atoms with Crippen LogP contribution in [0.5, 0.6) is 17.2 Å². The molecule has 0 atom stereocenters. The molecule has 1 spiro atoms. The molecule has 2 aromatic rings. The first-order chi connectivity index (χ1) is 17.6. The third kappa shape index (κ3) is 5.94. The van der Waals surface area contributed by atoms with Gasteiger partial charge in [-0.25, -0.2) is 0 Å². The Labute approximate surface area is 214 Å². The maximum absolute atomic E-state index is 13.8. The van der Waals surface area contributed by atoms with Crippen LogP contribution in [0.3, 0.4) is 0 Å². The van der Waals surface area contributed by atoms with Gasteiger partial charge in [-0.2, -0.15) is 0 Å². The molecule has 2 aliphatic rings. The van der Waals surface area contributed by atoms with Gasteiger partial charge in [0.15, 0.2) is 18.1 Å². The van der Waals surface area contributed by atoms with E-state index in [4.69, 9.17) is 14.2 Å². The Hall–Kier alpha value is -3.22. The van der Waals surface area contributed by atoms with Crippen LogP contribution in [-0.2, 0) is 16.0 Å². The third-order valence-corrected chi connectivity index (χ3v) is 7.56. The highest BCUT2D eigenvalue weighted by molar-refractivity contribution is 5.84. The Balaban J connectivity index is 1.40. The Kier molecular flexibility index (Phi) is 8.73. The number of ether oxygens (including phenoxy) is 3. The van der Waals surface area contributed by atoms with E-state index in [9.17, 15) is 9.59 Å². The topological polar surface area (TPSA) is 68.3 Å². The van der Waals surface area contributed by atoms with Crippen molar-refractivity contribution in [3.05, 3.63) is 54.1 Å². The van der Waals surface area contributed by atoms with Crippen molar-refractivity contribution in [1.29, 1.82) is 0 Å². The lowest BCUT2D eigenvalue weighted by Crippen LogP contribution is -2.52. The van der Waals surface area contributed by atoms with E-state index in [2.05, 4.69) is 12.1 Å². The number of benzene rings is 2. The summed E-state index contributed by atoms with van der Waals surface area (Å²) in [6.45, 7) is 4.82. The molecule has 0 saturated carbocycles. The van der Waals surface area contributed by atoms with Gasteiger partial charge < -0.3 is 24.0 Å². The number of likely N-dealkylation sites (tertiary alicyclic amines) is 1. The molecule has 194 valence electrons. The number of piperidine rings is 1. The highest BCUT2D eigenvalue weighted by atomic mass is 16.5. The minimum atomic E-state index is -0.422. The first-order valence-electron chi connectivity index (χ1n) is 13.1. The average Bonchev–Trinajstić information content (AvgIpc) is 2.92. The van der Waals surface area contributed by atoms with Crippen LogP contribution < -0.4 is 14.2 Å². The zero-order valence-electron chi connectivity index (χ0n) is 21.5. The summed E-state index contributed by atoms with van der Waals surface area (Å²) in [7, 11) is 1.58. The van der Waals surface area contributed by atoms with Crippen LogP contribution in [0, 0.1) is 5.41 Å². The van der Waals surface area contributed by atoms with E-state index in [1.165, 1.54) is 5.56 Å². The van der Waals surface area contributed by atoms with Crippen molar-refractivity contribution in [3.63, 3.8) is 0 Å². The van der Waals surface area contributed by atoms with Gasteiger partial charge in [0, 0.05) is 19.6 Å². The maximum atomic E-state index is 13.8. The number of likely N-dealkylation sites (N-methyl/N-ethyl adjacent to an activating group) is 1. The number of para-hydroxylation sites is 3. The molecule has 0 unspecified atom stereocenters. The van der Waals surface area contributed by atoms with Crippen LogP contribution in [-0.4, -0.2) is 68.1 Å². The second-order valence-electron chi connectivity index (χ2n) is 9.65. The smallest absolute Gasteiger partial charge is 0.260 e. The molecular weight excluding hydrogens is 456 g/mol. The minimum absolute atomic E-state index is 0.0425. The Bertz CT molecular complexity index is 1030. The highest BCUT2D eigenvalue weighted by Gasteiger charge is 2.43. The van der Waals surface area contributed by atoms with E-state index in [0.717, 1.165) is 31.4 Å². The van der Waals surface area contributed by atoms with Crippen LogP contribution in [0.15, 0.2) is 48.5 Å². The van der Waals surface area contributed by atoms with Gasteiger partial charge in [-0.05, 0) is 62.8 Å². The lowest BCUT2D eigenvalue weighted by atomic mass is 9.73. The van der Waals surface area contributed by atoms with Crippen molar-refractivity contribution in [1.82, 2.24) is 9.80 Å². The fraction of sp³-hybridized carbons (Fsp3) is 0.517. The molecule has 2 aromatic carbocycles. The third-order valence-electron chi connectivity index (χ3n) is 7.56. The number of methoxy groups -OCH3 is 1. The fourth-order valence-electron chi connectivity index (χ4n) is 5.36. The quantitative estimate of drug-likeness (QED) is 0.619. The van der Waals surface area contributed by atoms with Gasteiger partial charge >= 0.3 is 0 Å². The minimum Gasteiger partial charge on any atom is -0.493 e. The molecule has 4 rings (SSSR count). The molecule has 1 fully saturated rings. The fourth-order valence-corrected chi connectivity index (χ4v) is 5.36. The van der Waals surface area contributed by atoms with Gasteiger partial charge in [-0.3, -0.25) is 9.59 Å². The first-order valence-corrected chi connectivity index (χ1v) is 13.1. The highest BCUT2D eigenvalue weighted by Crippen LogP contribution is 2.39. The van der Waals surface area contributed by atoms with E-state index >= 15 is 0 Å². The molecule has 0 N–H and O–H groups in total. The van der Waals surface area contributed by atoms with E-state index in [1.807, 2.05) is 47.1 Å². The van der Waals surface area contributed by atoms with Gasteiger partial charge in [-0.15, -0.1) is 0 Å². The summed E-state index contributed by atoms with van der Waals surface area (Å²) < 4.78 is 17.1. The largest absolute Gasteiger partial charge is 0.493 e. The molecule has 2 aliphatic heterocycles. The van der Waals surface area contributed by atoms with Crippen molar-refractivity contribution < 1.29 is 23.8 Å². The molecule has 7 heteroatoms. The van der Waals surface area contributed by atoms with E-state index in [0.29, 0.717) is 57.1 Å². The van der Waals surface area contributed by atoms with Gasteiger partial charge in [0.2, 0.25) is 5.91 Å².